The van der Waals surface area contributed by atoms with Gasteiger partial charge in [-0.05, 0) is 53.8 Å². The van der Waals surface area contributed by atoms with Crippen LogP contribution in [0.4, 0.5) is 13.2 Å². The number of alkyl halides is 3. The number of carbonyl (C=O) groups is 1. The first-order valence-corrected chi connectivity index (χ1v) is 6.12. The Morgan fingerprint density at radius 2 is 1.94 bits per heavy atom. The number of carbonyl (C=O) groups excluding carboxylic acids is 1. The lowest BCUT2D eigenvalue weighted by molar-refractivity contribution is -0.142. The van der Waals surface area contributed by atoms with Crippen LogP contribution in [0.25, 0.3) is 0 Å². The van der Waals surface area contributed by atoms with Gasteiger partial charge >= 0.3 is 6.18 Å². The molecule has 1 N–H and O–H groups in total. The topological polar surface area (TPSA) is 38.3 Å². The monoisotopic (exact) mass is 373 g/mol. The molecule has 0 spiro atoms. The molecule has 1 aromatic carbocycles. The third-order valence-electron chi connectivity index (χ3n) is 1.96. The van der Waals surface area contributed by atoms with Crippen LogP contribution in [0.5, 0.6) is 5.75 Å². The smallest absolute Gasteiger partial charge is 0.405 e. The summed E-state index contributed by atoms with van der Waals surface area (Å²) in [5, 5.41) is 1.76. The van der Waals surface area contributed by atoms with Crippen LogP contribution in [-0.2, 0) is 4.79 Å². The zero-order valence-electron chi connectivity index (χ0n) is 9.42. The van der Waals surface area contributed by atoms with Gasteiger partial charge in [0, 0.05) is 3.57 Å². The van der Waals surface area contributed by atoms with E-state index in [2.05, 4.69) is 22.6 Å². The Labute approximate surface area is 116 Å². The highest BCUT2D eigenvalue weighted by atomic mass is 127. The van der Waals surface area contributed by atoms with Crippen molar-refractivity contribution in [3.05, 3.63) is 27.8 Å². The van der Waals surface area contributed by atoms with Crippen LogP contribution in [0.2, 0.25) is 0 Å². The SMILES string of the molecule is CC(Oc1ccc(I)cc1)C(=O)NCC(F)(F)F. The van der Waals surface area contributed by atoms with Gasteiger partial charge in [0.2, 0.25) is 0 Å². The maximum atomic E-state index is 11.9. The number of amides is 1. The van der Waals surface area contributed by atoms with Crippen LogP contribution < -0.4 is 10.1 Å². The molecule has 0 fully saturated rings. The van der Waals surface area contributed by atoms with Crippen LogP contribution >= 0.6 is 22.6 Å². The Morgan fingerprint density at radius 3 is 2.44 bits per heavy atom. The quantitative estimate of drug-likeness (QED) is 0.825. The molecule has 100 valence electrons. The number of benzene rings is 1. The molecule has 1 atom stereocenters. The molecular weight excluding hydrogens is 362 g/mol. The molecule has 7 heteroatoms. The second kappa shape index (κ2) is 6.26. The van der Waals surface area contributed by atoms with Crippen molar-refractivity contribution in [2.45, 2.75) is 19.2 Å². The van der Waals surface area contributed by atoms with E-state index in [1.165, 1.54) is 6.92 Å². The Hall–Kier alpha value is -0.990. The fourth-order valence-corrected chi connectivity index (χ4v) is 1.46. The standard InChI is InChI=1S/C11H11F3INO2/c1-7(10(17)16-6-11(12,13)14)18-9-4-2-8(15)3-5-9/h2-5,7H,6H2,1H3,(H,16,17). The molecule has 0 aromatic heterocycles. The van der Waals surface area contributed by atoms with E-state index < -0.39 is 24.7 Å². The zero-order chi connectivity index (χ0) is 13.8. The van der Waals surface area contributed by atoms with Crippen molar-refractivity contribution in [3.8, 4) is 5.75 Å². The highest BCUT2D eigenvalue weighted by Crippen LogP contribution is 2.15. The summed E-state index contributed by atoms with van der Waals surface area (Å²) in [6.07, 6.45) is -5.40. The average Bonchev–Trinajstić information content (AvgIpc) is 2.28. The lowest BCUT2D eigenvalue weighted by atomic mass is 10.3. The fraction of sp³-hybridized carbons (Fsp3) is 0.364. The molecule has 0 saturated carbocycles. The van der Waals surface area contributed by atoms with Gasteiger partial charge in [-0.2, -0.15) is 13.2 Å². The Morgan fingerprint density at radius 1 is 1.39 bits per heavy atom. The molecule has 1 amide bonds. The van der Waals surface area contributed by atoms with Gasteiger partial charge in [0.15, 0.2) is 6.10 Å². The van der Waals surface area contributed by atoms with Crippen LogP contribution in [0, 0.1) is 3.57 Å². The summed E-state index contributed by atoms with van der Waals surface area (Å²) >= 11 is 2.11. The summed E-state index contributed by atoms with van der Waals surface area (Å²) < 4.78 is 41.9. The second-order valence-electron chi connectivity index (χ2n) is 3.55. The summed E-state index contributed by atoms with van der Waals surface area (Å²) in [4.78, 5) is 11.3. The van der Waals surface area contributed by atoms with E-state index in [9.17, 15) is 18.0 Å². The number of halogens is 4. The summed E-state index contributed by atoms with van der Waals surface area (Å²) in [5.74, 6) is -0.365. The van der Waals surface area contributed by atoms with Gasteiger partial charge in [0.25, 0.3) is 5.91 Å². The average molecular weight is 373 g/mol. The van der Waals surface area contributed by atoms with Crippen molar-refractivity contribution >= 4 is 28.5 Å². The highest BCUT2D eigenvalue weighted by molar-refractivity contribution is 14.1. The van der Waals surface area contributed by atoms with E-state index in [1.54, 1.807) is 29.6 Å². The van der Waals surface area contributed by atoms with Crippen LogP contribution in [0.1, 0.15) is 6.92 Å². The van der Waals surface area contributed by atoms with Gasteiger partial charge in [0.05, 0.1) is 0 Å². The Balaban J connectivity index is 2.47. The van der Waals surface area contributed by atoms with E-state index in [0.29, 0.717) is 5.75 Å². The molecule has 1 unspecified atom stereocenters. The maximum absolute atomic E-state index is 11.9. The lowest BCUT2D eigenvalue weighted by Crippen LogP contribution is -2.41. The summed E-state index contributed by atoms with van der Waals surface area (Å²) in [6.45, 7) is 0.0376. The van der Waals surface area contributed by atoms with Crippen LogP contribution in [-0.4, -0.2) is 24.7 Å². The summed E-state index contributed by atoms with van der Waals surface area (Å²) in [7, 11) is 0. The molecule has 0 aliphatic carbocycles. The van der Waals surface area contributed by atoms with Gasteiger partial charge in [0.1, 0.15) is 12.3 Å². The number of ether oxygens (including phenoxy) is 1. The number of hydrogen-bond acceptors (Lipinski definition) is 2. The maximum Gasteiger partial charge on any atom is 0.405 e. The molecule has 0 aliphatic heterocycles. The summed E-state index contributed by atoms with van der Waals surface area (Å²) in [5.41, 5.74) is 0. The summed E-state index contributed by atoms with van der Waals surface area (Å²) in [6, 6.07) is 6.84. The van der Waals surface area contributed by atoms with Crippen molar-refractivity contribution in [1.82, 2.24) is 5.32 Å². The van der Waals surface area contributed by atoms with Crippen molar-refractivity contribution in [1.29, 1.82) is 0 Å². The largest absolute Gasteiger partial charge is 0.481 e. The predicted molar refractivity (Wildman–Crippen MR) is 68.3 cm³/mol. The normalized spacial score (nSPS) is 12.9. The van der Waals surface area contributed by atoms with Crippen molar-refractivity contribution in [2.75, 3.05) is 6.54 Å². The van der Waals surface area contributed by atoms with Crippen LogP contribution in [0.3, 0.4) is 0 Å². The molecular formula is C11H11F3INO2. The molecule has 0 bridgehead atoms. The first kappa shape index (κ1) is 15.1. The minimum absolute atomic E-state index is 0.435. The second-order valence-corrected chi connectivity index (χ2v) is 4.79. The van der Waals surface area contributed by atoms with E-state index >= 15 is 0 Å². The minimum Gasteiger partial charge on any atom is -0.481 e. The molecule has 1 rings (SSSR count). The molecule has 1 aromatic rings. The Kier molecular flexibility index (Phi) is 5.24. The fourth-order valence-electron chi connectivity index (χ4n) is 1.10. The van der Waals surface area contributed by atoms with Gasteiger partial charge in [-0.15, -0.1) is 0 Å². The molecule has 0 heterocycles. The van der Waals surface area contributed by atoms with E-state index in [1.807, 2.05) is 0 Å². The van der Waals surface area contributed by atoms with Gasteiger partial charge < -0.3 is 10.1 Å². The molecule has 18 heavy (non-hydrogen) atoms. The number of hydrogen-bond donors (Lipinski definition) is 1. The molecule has 0 aliphatic rings. The van der Waals surface area contributed by atoms with Crippen molar-refractivity contribution in [3.63, 3.8) is 0 Å². The Bertz CT molecular complexity index is 406. The molecule has 3 nitrogen and oxygen atoms in total. The van der Waals surface area contributed by atoms with Crippen molar-refractivity contribution in [2.24, 2.45) is 0 Å². The van der Waals surface area contributed by atoms with E-state index in [0.717, 1.165) is 3.57 Å². The molecule has 0 saturated heterocycles. The van der Waals surface area contributed by atoms with Crippen LogP contribution in [0.15, 0.2) is 24.3 Å². The van der Waals surface area contributed by atoms with Crippen molar-refractivity contribution < 1.29 is 22.7 Å². The first-order valence-electron chi connectivity index (χ1n) is 5.04. The first-order chi connectivity index (χ1) is 8.28. The minimum atomic E-state index is -4.42. The molecule has 0 radical (unpaired) electrons. The van der Waals surface area contributed by atoms with Gasteiger partial charge in [-0.3, -0.25) is 4.79 Å². The third-order valence-corrected chi connectivity index (χ3v) is 2.68. The highest BCUT2D eigenvalue weighted by Gasteiger charge is 2.29. The van der Waals surface area contributed by atoms with Gasteiger partial charge in [-0.25, -0.2) is 0 Å². The predicted octanol–water partition coefficient (Wildman–Crippen LogP) is 2.74. The number of nitrogens with one attached hydrogen (secondary N) is 1. The number of rotatable bonds is 4. The van der Waals surface area contributed by atoms with E-state index in [-0.39, 0.29) is 0 Å². The van der Waals surface area contributed by atoms with E-state index in [4.69, 9.17) is 4.74 Å². The third kappa shape index (κ3) is 5.56. The van der Waals surface area contributed by atoms with Gasteiger partial charge in [-0.1, -0.05) is 0 Å². The zero-order valence-corrected chi connectivity index (χ0v) is 11.6. The lowest BCUT2D eigenvalue weighted by Gasteiger charge is -2.15.